The van der Waals surface area contributed by atoms with Gasteiger partial charge in [0.1, 0.15) is 5.75 Å². The number of benzene rings is 2. The first-order valence-electron chi connectivity index (χ1n) is 6.14. The van der Waals surface area contributed by atoms with Crippen LogP contribution in [-0.2, 0) is 0 Å². The highest BCUT2D eigenvalue weighted by Crippen LogP contribution is 2.49. The minimum atomic E-state index is 0.244. The first kappa shape index (κ1) is 13.2. The second kappa shape index (κ2) is 5.28. The average molecular weight is 303 g/mol. The fourth-order valence-electron chi connectivity index (χ4n) is 2.25. The van der Waals surface area contributed by atoms with E-state index in [0.29, 0.717) is 18.0 Å². The van der Waals surface area contributed by atoms with Crippen molar-refractivity contribution < 1.29 is 5.11 Å². The number of hydrogen-bond donors (Lipinski definition) is 1. The summed E-state index contributed by atoms with van der Waals surface area (Å²) in [6, 6.07) is 13.2. The number of phenolic OH excluding ortho intramolecular Hbond substituents is 1. The number of halogens is 1. The Morgan fingerprint density at radius 1 is 1.15 bits per heavy atom. The number of hydrogen-bond acceptors (Lipinski definition) is 4. The van der Waals surface area contributed by atoms with E-state index in [4.69, 9.17) is 16.9 Å². The van der Waals surface area contributed by atoms with E-state index in [1.54, 1.807) is 23.9 Å². The van der Waals surface area contributed by atoms with E-state index in [1.165, 1.54) is 0 Å². The largest absolute Gasteiger partial charge is 0.508 e. The highest BCUT2D eigenvalue weighted by molar-refractivity contribution is 7.99. The van der Waals surface area contributed by atoms with Gasteiger partial charge in [-0.1, -0.05) is 23.4 Å². The molecule has 3 rings (SSSR count). The molecular formula is C15H11ClN2OS. The lowest BCUT2D eigenvalue weighted by Crippen LogP contribution is -2.21. The van der Waals surface area contributed by atoms with Gasteiger partial charge in [0.15, 0.2) is 0 Å². The minimum Gasteiger partial charge on any atom is -0.508 e. The minimum absolute atomic E-state index is 0.244. The lowest BCUT2D eigenvalue weighted by Gasteiger charge is -2.32. The molecule has 0 saturated carbocycles. The van der Waals surface area contributed by atoms with Crippen molar-refractivity contribution in [3.8, 4) is 11.8 Å². The van der Waals surface area contributed by atoms with Crippen LogP contribution < -0.4 is 4.90 Å². The molecule has 0 fully saturated rings. The molecule has 0 saturated heterocycles. The molecule has 0 bridgehead atoms. The molecule has 100 valence electrons. The molecule has 0 spiro atoms. The zero-order valence-corrected chi connectivity index (χ0v) is 12.1. The standard InChI is InChI=1S/C15H11ClN2OS/c16-10-2-5-14-13(8-10)18(7-1-6-17)12-4-3-11(19)9-15(12)20-14/h2-5,8-9,19H,1,7H2. The Kier molecular flexibility index (Phi) is 3.47. The molecule has 0 amide bonds. The summed E-state index contributed by atoms with van der Waals surface area (Å²) in [4.78, 5) is 4.14. The molecule has 2 aromatic rings. The topological polar surface area (TPSA) is 47.3 Å². The lowest BCUT2D eigenvalue weighted by molar-refractivity contribution is 0.474. The van der Waals surface area contributed by atoms with Gasteiger partial charge in [-0.2, -0.15) is 5.26 Å². The SMILES string of the molecule is N#CCCN1c2ccc(O)cc2Sc2ccc(Cl)cc21. The average Bonchev–Trinajstić information content (AvgIpc) is 2.43. The predicted molar refractivity (Wildman–Crippen MR) is 80.9 cm³/mol. The van der Waals surface area contributed by atoms with Crippen LogP contribution in [0.5, 0.6) is 5.75 Å². The number of rotatable bonds is 2. The molecule has 0 atom stereocenters. The van der Waals surface area contributed by atoms with Crippen LogP contribution in [0.3, 0.4) is 0 Å². The second-order valence-corrected chi connectivity index (χ2v) is 5.95. The summed E-state index contributed by atoms with van der Waals surface area (Å²) >= 11 is 7.69. The molecular weight excluding hydrogens is 292 g/mol. The van der Waals surface area contributed by atoms with Crippen LogP contribution in [-0.4, -0.2) is 11.7 Å². The molecule has 3 nitrogen and oxygen atoms in total. The van der Waals surface area contributed by atoms with E-state index in [9.17, 15) is 5.11 Å². The monoisotopic (exact) mass is 302 g/mol. The first-order chi connectivity index (χ1) is 9.69. The smallest absolute Gasteiger partial charge is 0.116 e. The fourth-order valence-corrected chi connectivity index (χ4v) is 3.52. The van der Waals surface area contributed by atoms with Gasteiger partial charge in [-0.15, -0.1) is 0 Å². The Morgan fingerprint density at radius 2 is 2.00 bits per heavy atom. The summed E-state index contributed by atoms with van der Waals surface area (Å²) < 4.78 is 0. The first-order valence-corrected chi connectivity index (χ1v) is 7.33. The predicted octanol–water partition coefficient (Wildman–Crippen LogP) is 4.56. The lowest BCUT2D eigenvalue weighted by atomic mass is 10.2. The third kappa shape index (κ3) is 2.31. The van der Waals surface area contributed by atoms with Gasteiger partial charge >= 0.3 is 0 Å². The molecule has 0 radical (unpaired) electrons. The second-order valence-electron chi connectivity index (χ2n) is 4.43. The summed E-state index contributed by atoms with van der Waals surface area (Å²) in [7, 11) is 0. The van der Waals surface area contributed by atoms with E-state index >= 15 is 0 Å². The summed E-state index contributed by atoms with van der Waals surface area (Å²) in [5, 5.41) is 19.2. The number of nitriles is 1. The van der Waals surface area contributed by atoms with Crippen molar-refractivity contribution in [3.63, 3.8) is 0 Å². The van der Waals surface area contributed by atoms with Crippen molar-refractivity contribution >= 4 is 34.7 Å². The maximum absolute atomic E-state index is 9.64. The maximum atomic E-state index is 9.64. The van der Waals surface area contributed by atoms with Crippen molar-refractivity contribution in [2.75, 3.05) is 11.4 Å². The highest BCUT2D eigenvalue weighted by Gasteiger charge is 2.23. The Hall–Kier alpha value is -1.83. The third-order valence-electron chi connectivity index (χ3n) is 3.11. The van der Waals surface area contributed by atoms with Crippen LogP contribution in [0.2, 0.25) is 5.02 Å². The van der Waals surface area contributed by atoms with Crippen LogP contribution >= 0.6 is 23.4 Å². The maximum Gasteiger partial charge on any atom is 0.116 e. The highest BCUT2D eigenvalue weighted by atomic mass is 35.5. The van der Waals surface area contributed by atoms with E-state index < -0.39 is 0 Å². The van der Waals surface area contributed by atoms with Gasteiger partial charge in [-0.3, -0.25) is 0 Å². The third-order valence-corrected chi connectivity index (χ3v) is 4.46. The molecule has 20 heavy (non-hydrogen) atoms. The van der Waals surface area contributed by atoms with E-state index in [-0.39, 0.29) is 5.75 Å². The molecule has 1 aliphatic rings. The molecule has 2 aromatic carbocycles. The van der Waals surface area contributed by atoms with Gasteiger partial charge in [0.05, 0.1) is 23.9 Å². The van der Waals surface area contributed by atoms with Crippen LogP contribution in [0.1, 0.15) is 6.42 Å². The molecule has 0 aliphatic carbocycles. The van der Waals surface area contributed by atoms with Crippen LogP contribution in [0.4, 0.5) is 11.4 Å². The summed E-state index contributed by atoms with van der Waals surface area (Å²) in [6.07, 6.45) is 0.428. The van der Waals surface area contributed by atoms with Crippen molar-refractivity contribution in [1.29, 1.82) is 5.26 Å². The van der Waals surface area contributed by atoms with Crippen molar-refractivity contribution in [2.24, 2.45) is 0 Å². The zero-order valence-electron chi connectivity index (χ0n) is 10.5. The van der Waals surface area contributed by atoms with Crippen LogP contribution in [0, 0.1) is 11.3 Å². The molecule has 1 aliphatic heterocycles. The summed E-state index contributed by atoms with van der Waals surface area (Å²) in [6.45, 7) is 0.599. The fraction of sp³-hybridized carbons (Fsp3) is 0.133. The van der Waals surface area contributed by atoms with Crippen LogP contribution in [0.15, 0.2) is 46.2 Å². The molecule has 0 unspecified atom stereocenters. The number of anilines is 2. The number of phenols is 1. The van der Waals surface area contributed by atoms with Gasteiger partial charge < -0.3 is 10.0 Å². The summed E-state index contributed by atoms with van der Waals surface area (Å²) in [5.41, 5.74) is 2.01. The van der Waals surface area contributed by atoms with E-state index in [0.717, 1.165) is 21.2 Å². The van der Waals surface area contributed by atoms with E-state index in [2.05, 4.69) is 11.0 Å². The Labute approximate surface area is 126 Å². The zero-order chi connectivity index (χ0) is 14.1. The molecule has 1 heterocycles. The van der Waals surface area contributed by atoms with Gasteiger partial charge in [-0.25, -0.2) is 0 Å². The molecule has 1 N–H and O–H groups in total. The van der Waals surface area contributed by atoms with Crippen molar-refractivity contribution in [2.45, 2.75) is 16.2 Å². The Balaban J connectivity index is 2.12. The Morgan fingerprint density at radius 3 is 2.80 bits per heavy atom. The number of aromatic hydroxyl groups is 1. The van der Waals surface area contributed by atoms with Crippen molar-refractivity contribution in [3.05, 3.63) is 41.4 Å². The van der Waals surface area contributed by atoms with Crippen molar-refractivity contribution in [1.82, 2.24) is 0 Å². The van der Waals surface area contributed by atoms with Crippen LogP contribution in [0.25, 0.3) is 0 Å². The molecule has 0 aromatic heterocycles. The van der Waals surface area contributed by atoms with E-state index in [1.807, 2.05) is 24.3 Å². The normalized spacial score (nSPS) is 12.5. The van der Waals surface area contributed by atoms with Gasteiger partial charge in [0.2, 0.25) is 0 Å². The van der Waals surface area contributed by atoms with Gasteiger partial charge in [-0.05, 0) is 36.4 Å². The van der Waals surface area contributed by atoms with Gasteiger partial charge in [0.25, 0.3) is 0 Å². The quantitative estimate of drug-likeness (QED) is 0.883. The Bertz CT molecular complexity index is 712. The number of nitrogens with zero attached hydrogens (tertiary/aromatic N) is 2. The van der Waals surface area contributed by atoms with Gasteiger partial charge in [0, 0.05) is 21.4 Å². The summed E-state index contributed by atoms with van der Waals surface area (Å²) in [5.74, 6) is 0.244. The number of fused-ring (bicyclic) bond motifs is 2. The molecule has 5 heteroatoms.